The highest BCUT2D eigenvalue weighted by molar-refractivity contribution is 5.95. The van der Waals surface area contributed by atoms with Crippen molar-refractivity contribution in [2.24, 2.45) is 17.6 Å². The van der Waals surface area contributed by atoms with Gasteiger partial charge in [0, 0.05) is 12.1 Å². The standard InChI is InChI=1S/C19H32N4O3/c1-4-12(5-2)10-21-17(25)15-6-7-19-9-13(19)8-14(18(26)23(15)19)22-16(24)11(3)20/h11-15H,4-10,20H2,1-3H3,(H,21,25)(H,22,24)/t11-,13?,14-,15-,19?/m0/s1. The van der Waals surface area contributed by atoms with Crippen LogP contribution < -0.4 is 16.4 Å². The zero-order valence-corrected chi connectivity index (χ0v) is 16.1. The first-order chi connectivity index (χ1) is 12.3. The Morgan fingerprint density at radius 3 is 2.65 bits per heavy atom. The Bertz CT molecular complexity index is 589. The van der Waals surface area contributed by atoms with E-state index >= 15 is 0 Å². The van der Waals surface area contributed by atoms with Crippen LogP contribution in [0, 0.1) is 11.8 Å². The highest BCUT2D eigenvalue weighted by atomic mass is 16.2. The molecular formula is C19H32N4O3. The number of nitrogens with two attached hydrogens (primary N) is 1. The Morgan fingerprint density at radius 2 is 2.04 bits per heavy atom. The molecule has 0 aromatic carbocycles. The van der Waals surface area contributed by atoms with Crippen molar-refractivity contribution in [1.82, 2.24) is 15.5 Å². The van der Waals surface area contributed by atoms with Gasteiger partial charge in [0.05, 0.1) is 6.04 Å². The summed E-state index contributed by atoms with van der Waals surface area (Å²) in [4.78, 5) is 39.6. The number of piperidine rings is 1. The van der Waals surface area contributed by atoms with Crippen LogP contribution in [0.15, 0.2) is 0 Å². The fourth-order valence-electron chi connectivity index (χ4n) is 4.76. The highest BCUT2D eigenvalue weighted by Crippen LogP contribution is 2.61. The quantitative estimate of drug-likeness (QED) is 0.613. The Morgan fingerprint density at radius 1 is 1.35 bits per heavy atom. The molecule has 1 spiro atoms. The van der Waals surface area contributed by atoms with E-state index in [1.807, 2.05) is 0 Å². The second-order valence-corrected chi connectivity index (χ2v) is 8.28. The summed E-state index contributed by atoms with van der Waals surface area (Å²) in [5.74, 6) is 0.374. The van der Waals surface area contributed by atoms with Crippen LogP contribution in [-0.4, -0.2) is 52.8 Å². The van der Waals surface area contributed by atoms with E-state index in [1.54, 1.807) is 11.8 Å². The van der Waals surface area contributed by atoms with E-state index in [-0.39, 0.29) is 23.3 Å². The molecule has 3 aliphatic rings. The summed E-state index contributed by atoms with van der Waals surface area (Å²) in [5, 5.41) is 5.83. The van der Waals surface area contributed by atoms with Crippen LogP contribution in [0.2, 0.25) is 0 Å². The van der Waals surface area contributed by atoms with E-state index in [0.717, 1.165) is 25.7 Å². The van der Waals surface area contributed by atoms with Crippen LogP contribution >= 0.6 is 0 Å². The number of nitrogens with zero attached hydrogens (tertiary/aromatic N) is 1. The summed E-state index contributed by atoms with van der Waals surface area (Å²) in [6.07, 6.45) is 5.27. The van der Waals surface area contributed by atoms with Gasteiger partial charge in [-0.25, -0.2) is 0 Å². The first kappa shape index (κ1) is 19.1. The van der Waals surface area contributed by atoms with Crippen LogP contribution in [0.3, 0.4) is 0 Å². The molecule has 1 aliphatic carbocycles. The van der Waals surface area contributed by atoms with Crippen LogP contribution in [0.25, 0.3) is 0 Å². The monoisotopic (exact) mass is 364 g/mol. The fourth-order valence-corrected chi connectivity index (χ4v) is 4.76. The van der Waals surface area contributed by atoms with Crippen LogP contribution in [0.5, 0.6) is 0 Å². The highest BCUT2D eigenvalue weighted by Gasteiger charge is 2.68. The summed E-state index contributed by atoms with van der Waals surface area (Å²) in [6, 6.07) is -1.61. The molecule has 2 saturated heterocycles. The predicted molar refractivity (Wildman–Crippen MR) is 98.0 cm³/mol. The summed E-state index contributed by atoms with van der Waals surface area (Å²) in [6.45, 7) is 6.51. The minimum Gasteiger partial charge on any atom is -0.354 e. The van der Waals surface area contributed by atoms with Crippen molar-refractivity contribution in [1.29, 1.82) is 0 Å². The number of amides is 3. The van der Waals surface area contributed by atoms with Crippen molar-refractivity contribution in [2.75, 3.05) is 6.54 Å². The molecule has 2 unspecified atom stereocenters. The molecule has 3 fully saturated rings. The lowest BCUT2D eigenvalue weighted by atomic mass is 9.97. The minimum atomic E-state index is -0.647. The molecule has 0 aromatic heterocycles. The van der Waals surface area contributed by atoms with Gasteiger partial charge >= 0.3 is 0 Å². The molecule has 0 radical (unpaired) electrons. The third kappa shape index (κ3) is 3.21. The van der Waals surface area contributed by atoms with Crippen LogP contribution in [-0.2, 0) is 14.4 Å². The molecule has 5 atom stereocenters. The van der Waals surface area contributed by atoms with Crippen molar-refractivity contribution in [3.8, 4) is 0 Å². The van der Waals surface area contributed by atoms with Crippen LogP contribution in [0.4, 0.5) is 0 Å². The lowest BCUT2D eigenvalue weighted by Gasteiger charge is -2.38. The lowest BCUT2D eigenvalue weighted by molar-refractivity contribution is -0.147. The Labute approximate surface area is 155 Å². The first-order valence-electron chi connectivity index (χ1n) is 10.0. The SMILES string of the molecule is CCC(CC)CNC(=O)[C@@H]1CCC23CC2C[C@H](NC(=O)[C@H](C)N)C(=O)N13. The number of hydrogen-bond donors (Lipinski definition) is 3. The van der Waals surface area contributed by atoms with Crippen molar-refractivity contribution in [3.05, 3.63) is 0 Å². The van der Waals surface area contributed by atoms with Crippen LogP contribution in [0.1, 0.15) is 59.3 Å². The van der Waals surface area contributed by atoms with Gasteiger partial charge in [0.15, 0.2) is 0 Å². The zero-order chi connectivity index (χ0) is 19.1. The molecular weight excluding hydrogens is 332 g/mol. The van der Waals surface area contributed by atoms with Crippen molar-refractivity contribution in [2.45, 2.75) is 83.0 Å². The molecule has 3 amide bonds. The largest absolute Gasteiger partial charge is 0.354 e. The molecule has 2 heterocycles. The number of hydrogen-bond acceptors (Lipinski definition) is 4. The molecule has 26 heavy (non-hydrogen) atoms. The smallest absolute Gasteiger partial charge is 0.246 e. The van der Waals surface area contributed by atoms with Gasteiger partial charge in [-0.15, -0.1) is 0 Å². The van der Waals surface area contributed by atoms with Gasteiger partial charge in [-0.1, -0.05) is 26.7 Å². The molecule has 7 nitrogen and oxygen atoms in total. The van der Waals surface area contributed by atoms with E-state index in [4.69, 9.17) is 5.73 Å². The van der Waals surface area contributed by atoms with E-state index < -0.39 is 18.1 Å². The van der Waals surface area contributed by atoms with Gasteiger partial charge in [0.2, 0.25) is 17.7 Å². The summed E-state index contributed by atoms with van der Waals surface area (Å²) >= 11 is 0. The van der Waals surface area contributed by atoms with Crippen molar-refractivity contribution >= 4 is 17.7 Å². The molecule has 2 aliphatic heterocycles. The fraction of sp³-hybridized carbons (Fsp3) is 0.842. The maximum atomic E-state index is 13.1. The Balaban J connectivity index is 1.68. The van der Waals surface area contributed by atoms with Gasteiger partial charge in [-0.2, -0.15) is 0 Å². The summed E-state index contributed by atoms with van der Waals surface area (Å²) in [7, 11) is 0. The molecule has 3 rings (SSSR count). The first-order valence-corrected chi connectivity index (χ1v) is 10.0. The van der Waals surface area contributed by atoms with Gasteiger partial charge in [0.25, 0.3) is 0 Å². The van der Waals surface area contributed by atoms with Crippen molar-refractivity contribution in [3.63, 3.8) is 0 Å². The van der Waals surface area contributed by atoms with Gasteiger partial charge in [0.1, 0.15) is 12.1 Å². The number of rotatable bonds is 7. The third-order valence-electron chi connectivity index (χ3n) is 6.65. The third-order valence-corrected chi connectivity index (χ3v) is 6.65. The number of carbonyl (C=O) groups excluding carboxylic acids is 3. The average molecular weight is 364 g/mol. The van der Waals surface area contributed by atoms with E-state index in [1.165, 1.54) is 0 Å². The van der Waals surface area contributed by atoms with Gasteiger partial charge in [-0.3, -0.25) is 14.4 Å². The van der Waals surface area contributed by atoms with E-state index in [2.05, 4.69) is 24.5 Å². The molecule has 4 N–H and O–H groups in total. The van der Waals surface area contributed by atoms with E-state index in [0.29, 0.717) is 31.2 Å². The molecule has 0 bridgehead atoms. The Kier molecular flexibility index (Phi) is 5.28. The average Bonchev–Trinajstić information content (AvgIpc) is 3.16. The minimum absolute atomic E-state index is 0.0491. The van der Waals surface area contributed by atoms with E-state index in [9.17, 15) is 14.4 Å². The topological polar surface area (TPSA) is 105 Å². The number of carbonyl (C=O) groups is 3. The molecule has 0 aromatic rings. The van der Waals surface area contributed by atoms with Gasteiger partial charge in [-0.05, 0) is 44.4 Å². The summed E-state index contributed by atoms with van der Waals surface area (Å²) < 4.78 is 0. The normalized spacial score (nSPS) is 33.5. The molecule has 1 saturated carbocycles. The second-order valence-electron chi connectivity index (χ2n) is 8.28. The molecule has 146 valence electrons. The van der Waals surface area contributed by atoms with Crippen molar-refractivity contribution < 1.29 is 14.4 Å². The summed E-state index contributed by atoms with van der Waals surface area (Å²) in [5.41, 5.74) is 5.48. The maximum Gasteiger partial charge on any atom is 0.246 e. The predicted octanol–water partition coefficient (Wildman–Crippen LogP) is 0.524. The second kappa shape index (κ2) is 7.18. The zero-order valence-electron chi connectivity index (χ0n) is 16.1. The maximum absolute atomic E-state index is 13.1. The van der Waals surface area contributed by atoms with Gasteiger partial charge < -0.3 is 21.3 Å². The molecule has 7 heteroatoms. The Hall–Kier alpha value is -1.63. The number of nitrogens with one attached hydrogen (secondary N) is 2. The lowest BCUT2D eigenvalue weighted by Crippen LogP contribution is -2.61.